The van der Waals surface area contributed by atoms with Crippen LogP contribution in [0.2, 0.25) is 0 Å². The minimum Gasteiger partial charge on any atom is -0.382 e. The highest BCUT2D eigenvalue weighted by molar-refractivity contribution is 5.24. The van der Waals surface area contributed by atoms with Crippen LogP contribution in [0.25, 0.3) is 0 Å². The van der Waals surface area contributed by atoms with E-state index >= 15 is 0 Å². The fourth-order valence-electron chi connectivity index (χ4n) is 2.80. The summed E-state index contributed by atoms with van der Waals surface area (Å²) in [6.07, 6.45) is 9.12. The third kappa shape index (κ3) is 3.17. The Kier molecular flexibility index (Phi) is 3.97. The quantitative estimate of drug-likeness (QED) is 0.920. The average Bonchev–Trinajstić information content (AvgIpc) is 2.93. The first-order valence-electron chi connectivity index (χ1n) is 7.23. The Balaban J connectivity index is 1.47. The molecule has 0 spiro atoms. The van der Waals surface area contributed by atoms with Gasteiger partial charge in [-0.2, -0.15) is 5.10 Å². The maximum Gasteiger partial charge on any atom is 0.145 e. The van der Waals surface area contributed by atoms with Crippen LogP contribution in [0.3, 0.4) is 0 Å². The fourth-order valence-corrected chi connectivity index (χ4v) is 2.80. The molecule has 0 amide bonds. The van der Waals surface area contributed by atoms with Crippen molar-refractivity contribution in [1.29, 1.82) is 0 Å². The molecule has 2 N–H and O–H groups in total. The lowest BCUT2D eigenvalue weighted by Crippen LogP contribution is -2.36. The Hall–Kier alpha value is -1.88. The normalized spacial score (nSPS) is 17.4. The molecule has 0 aliphatic carbocycles. The summed E-state index contributed by atoms with van der Waals surface area (Å²) in [5, 5.41) is 4.32. The number of aromatic nitrogens is 3. The van der Waals surface area contributed by atoms with Crippen LogP contribution in [-0.4, -0.2) is 39.3 Å². The summed E-state index contributed by atoms with van der Waals surface area (Å²) in [4.78, 5) is 6.58. The van der Waals surface area contributed by atoms with Gasteiger partial charge in [-0.3, -0.25) is 9.67 Å². The van der Waals surface area contributed by atoms with Gasteiger partial charge in [-0.25, -0.2) is 0 Å². The van der Waals surface area contributed by atoms with E-state index in [9.17, 15) is 0 Å². The Bertz CT molecular complexity index is 528. The third-order valence-corrected chi connectivity index (χ3v) is 4.03. The van der Waals surface area contributed by atoms with Gasteiger partial charge in [0.15, 0.2) is 0 Å². The highest BCUT2D eigenvalue weighted by Crippen LogP contribution is 2.22. The molecule has 0 radical (unpaired) electrons. The number of likely N-dealkylation sites (tertiary alicyclic amines) is 1. The maximum atomic E-state index is 5.68. The summed E-state index contributed by atoms with van der Waals surface area (Å²) >= 11 is 0. The largest absolute Gasteiger partial charge is 0.382 e. The average molecular weight is 271 g/mol. The summed E-state index contributed by atoms with van der Waals surface area (Å²) in [6, 6.07) is 6.57. The molecule has 0 aromatic carbocycles. The van der Waals surface area contributed by atoms with Crippen molar-refractivity contribution in [1.82, 2.24) is 19.7 Å². The summed E-state index contributed by atoms with van der Waals surface area (Å²) in [5.41, 5.74) is 7.04. The molecule has 2 aromatic rings. The van der Waals surface area contributed by atoms with E-state index in [1.807, 2.05) is 29.3 Å². The Morgan fingerprint density at radius 3 is 2.55 bits per heavy atom. The molecule has 1 aliphatic rings. The second kappa shape index (κ2) is 6.05. The van der Waals surface area contributed by atoms with E-state index in [1.54, 1.807) is 0 Å². The first-order valence-corrected chi connectivity index (χ1v) is 7.23. The third-order valence-electron chi connectivity index (χ3n) is 4.03. The lowest BCUT2D eigenvalue weighted by atomic mass is 10.0. The van der Waals surface area contributed by atoms with Gasteiger partial charge >= 0.3 is 0 Å². The van der Waals surface area contributed by atoms with E-state index in [1.165, 1.54) is 5.56 Å². The van der Waals surface area contributed by atoms with Gasteiger partial charge in [-0.1, -0.05) is 0 Å². The number of rotatable bonds is 4. The highest BCUT2D eigenvalue weighted by Gasteiger charge is 2.20. The van der Waals surface area contributed by atoms with Gasteiger partial charge in [0.25, 0.3) is 0 Å². The summed E-state index contributed by atoms with van der Waals surface area (Å²) in [7, 11) is 0. The van der Waals surface area contributed by atoms with Crippen LogP contribution in [0.1, 0.15) is 24.4 Å². The Morgan fingerprint density at radius 1 is 1.15 bits per heavy atom. The second-order valence-electron chi connectivity index (χ2n) is 5.40. The van der Waals surface area contributed by atoms with E-state index in [4.69, 9.17) is 5.73 Å². The van der Waals surface area contributed by atoms with Gasteiger partial charge < -0.3 is 10.6 Å². The zero-order chi connectivity index (χ0) is 13.8. The van der Waals surface area contributed by atoms with Crippen molar-refractivity contribution >= 4 is 5.82 Å². The Morgan fingerprint density at radius 2 is 1.90 bits per heavy atom. The van der Waals surface area contributed by atoms with Crippen LogP contribution in [0, 0.1) is 0 Å². The molecule has 3 heterocycles. The smallest absolute Gasteiger partial charge is 0.145 e. The Labute approximate surface area is 119 Å². The summed E-state index contributed by atoms with van der Waals surface area (Å²) in [6.45, 7) is 3.39. The minimum atomic E-state index is 0.504. The number of piperidine rings is 1. The molecule has 1 saturated heterocycles. The topological polar surface area (TPSA) is 60.0 Å². The first kappa shape index (κ1) is 13.1. The SMILES string of the molecule is Nc1ccn(C2CCN(CCc3ccncc3)CC2)n1. The zero-order valence-electron chi connectivity index (χ0n) is 11.7. The number of nitrogen functional groups attached to an aromatic ring is 1. The van der Waals surface area contributed by atoms with Gasteiger partial charge in [0.1, 0.15) is 5.82 Å². The van der Waals surface area contributed by atoms with Crippen LogP contribution in [-0.2, 0) is 6.42 Å². The number of pyridine rings is 1. The van der Waals surface area contributed by atoms with Gasteiger partial charge in [0.2, 0.25) is 0 Å². The van der Waals surface area contributed by atoms with E-state index in [0.29, 0.717) is 11.9 Å². The molecular formula is C15H21N5. The van der Waals surface area contributed by atoms with Crippen molar-refractivity contribution in [3.63, 3.8) is 0 Å². The molecule has 2 aromatic heterocycles. The van der Waals surface area contributed by atoms with E-state index in [0.717, 1.165) is 38.9 Å². The maximum absolute atomic E-state index is 5.68. The van der Waals surface area contributed by atoms with Crippen molar-refractivity contribution in [3.8, 4) is 0 Å². The lowest BCUT2D eigenvalue weighted by molar-refractivity contribution is 0.182. The van der Waals surface area contributed by atoms with Gasteiger partial charge in [0.05, 0.1) is 6.04 Å². The molecule has 1 fully saturated rings. The molecule has 5 heteroatoms. The molecule has 3 rings (SSSR count). The van der Waals surface area contributed by atoms with Crippen molar-refractivity contribution in [3.05, 3.63) is 42.4 Å². The van der Waals surface area contributed by atoms with E-state index in [2.05, 4.69) is 27.1 Å². The van der Waals surface area contributed by atoms with Crippen LogP contribution in [0.4, 0.5) is 5.82 Å². The van der Waals surface area contributed by atoms with Gasteiger partial charge in [-0.05, 0) is 43.0 Å². The molecule has 106 valence electrons. The van der Waals surface area contributed by atoms with Gasteiger partial charge in [-0.15, -0.1) is 0 Å². The molecule has 0 bridgehead atoms. The molecular weight excluding hydrogens is 250 g/mol. The molecule has 0 saturated carbocycles. The number of hydrogen-bond acceptors (Lipinski definition) is 4. The monoisotopic (exact) mass is 271 g/mol. The van der Waals surface area contributed by atoms with Crippen molar-refractivity contribution in [2.75, 3.05) is 25.4 Å². The zero-order valence-corrected chi connectivity index (χ0v) is 11.7. The fraction of sp³-hybridized carbons (Fsp3) is 0.467. The molecule has 1 aliphatic heterocycles. The lowest BCUT2D eigenvalue weighted by Gasteiger charge is -2.32. The molecule has 20 heavy (non-hydrogen) atoms. The number of nitrogens with two attached hydrogens (primary N) is 1. The van der Waals surface area contributed by atoms with Crippen LogP contribution < -0.4 is 5.73 Å². The van der Waals surface area contributed by atoms with E-state index < -0.39 is 0 Å². The molecule has 0 unspecified atom stereocenters. The minimum absolute atomic E-state index is 0.504. The predicted octanol–water partition coefficient (Wildman–Crippen LogP) is 1.74. The van der Waals surface area contributed by atoms with Gasteiger partial charge in [0, 0.05) is 38.2 Å². The number of nitrogens with zero attached hydrogens (tertiary/aromatic N) is 4. The molecule has 5 nitrogen and oxygen atoms in total. The summed E-state index contributed by atoms with van der Waals surface area (Å²) < 4.78 is 2.02. The van der Waals surface area contributed by atoms with Crippen LogP contribution >= 0.6 is 0 Å². The molecule has 0 atom stereocenters. The highest BCUT2D eigenvalue weighted by atomic mass is 15.3. The first-order chi connectivity index (χ1) is 9.81. The number of hydrogen-bond donors (Lipinski definition) is 1. The van der Waals surface area contributed by atoms with E-state index in [-0.39, 0.29) is 0 Å². The van der Waals surface area contributed by atoms with Crippen molar-refractivity contribution in [2.45, 2.75) is 25.3 Å². The van der Waals surface area contributed by atoms with Crippen LogP contribution in [0.5, 0.6) is 0 Å². The second-order valence-corrected chi connectivity index (χ2v) is 5.40. The predicted molar refractivity (Wildman–Crippen MR) is 79.3 cm³/mol. The van der Waals surface area contributed by atoms with Crippen molar-refractivity contribution < 1.29 is 0 Å². The van der Waals surface area contributed by atoms with Crippen LogP contribution in [0.15, 0.2) is 36.8 Å². The standard InChI is InChI=1S/C15H21N5/c16-15-6-12-20(18-15)14-4-10-19(11-5-14)9-3-13-1-7-17-8-2-13/h1-2,6-8,12,14H,3-5,9-11H2,(H2,16,18). The summed E-state index contributed by atoms with van der Waals surface area (Å²) in [5.74, 6) is 0.616. The van der Waals surface area contributed by atoms with Crippen molar-refractivity contribution in [2.24, 2.45) is 0 Å². The number of anilines is 1.